The molecule has 4 rings (SSSR count). The van der Waals surface area contributed by atoms with Crippen molar-refractivity contribution in [2.75, 3.05) is 0 Å². The number of carbonyl (C=O) groups excluding carboxylic acids is 2. The van der Waals surface area contributed by atoms with Gasteiger partial charge < -0.3 is 10.1 Å². The van der Waals surface area contributed by atoms with Crippen LogP contribution in [0.4, 0.5) is 4.79 Å². The lowest BCUT2D eigenvalue weighted by molar-refractivity contribution is 0.0482. The first kappa shape index (κ1) is 20.7. The minimum Gasteiger partial charge on any atom is -0.444 e. The summed E-state index contributed by atoms with van der Waals surface area (Å²) in [6.45, 7) is 7.31. The van der Waals surface area contributed by atoms with Crippen LogP contribution in [0.5, 0.6) is 0 Å². The number of nitrogens with one attached hydrogen (secondary N) is 1. The van der Waals surface area contributed by atoms with E-state index < -0.39 is 17.2 Å². The Morgan fingerprint density at radius 1 is 1.16 bits per heavy atom. The highest BCUT2D eigenvalue weighted by atomic mass is 16.6. The molecule has 0 atom stereocenters. The fraction of sp³-hybridized carbons (Fsp3) is 0.348. The summed E-state index contributed by atoms with van der Waals surface area (Å²) >= 11 is 0. The van der Waals surface area contributed by atoms with Crippen molar-refractivity contribution in [1.29, 1.82) is 0 Å². The summed E-state index contributed by atoms with van der Waals surface area (Å²) in [6, 6.07) is 9.22. The van der Waals surface area contributed by atoms with E-state index in [2.05, 4.69) is 20.4 Å². The van der Waals surface area contributed by atoms with Crippen molar-refractivity contribution >= 4 is 11.9 Å². The zero-order valence-corrected chi connectivity index (χ0v) is 18.0. The second-order valence-corrected chi connectivity index (χ2v) is 8.80. The molecule has 0 aliphatic heterocycles. The molecule has 1 fully saturated rings. The van der Waals surface area contributed by atoms with Gasteiger partial charge in [0.1, 0.15) is 16.8 Å². The van der Waals surface area contributed by atoms with E-state index in [1.807, 2.05) is 25.1 Å². The Labute approximate surface area is 180 Å². The van der Waals surface area contributed by atoms with Gasteiger partial charge in [0.15, 0.2) is 0 Å². The summed E-state index contributed by atoms with van der Waals surface area (Å²) in [4.78, 5) is 34.2. The van der Waals surface area contributed by atoms with E-state index in [1.54, 1.807) is 56.2 Å². The maximum atomic E-state index is 13.3. The van der Waals surface area contributed by atoms with Gasteiger partial charge in [0.05, 0.1) is 23.3 Å². The molecule has 0 spiro atoms. The van der Waals surface area contributed by atoms with Crippen LogP contribution < -0.4 is 5.32 Å². The van der Waals surface area contributed by atoms with Crippen molar-refractivity contribution in [1.82, 2.24) is 25.1 Å². The maximum absolute atomic E-state index is 13.3. The third-order valence-electron chi connectivity index (χ3n) is 4.93. The number of nitrogens with zero attached hydrogens (tertiary/aromatic N) is 4. The van der Waals surface area contributed by atoms with Crippen LogP contribution in [0.1, 0.15) is 49.7 Å². The Kier molecular flexibility index (Phi) is 5.08. The fourth-order valence-corrected chi connectivity index (χ4v) is 3.25. The van der Waals surface area contributed by atoms with Gasteiger partial charge in [0.2, 0.25) is 5.78 Å². The molecule has 160 valence electrons. The van der Waals surface area contributed by atoms with Gasteiger partial charge in [-0.2, -0.15) is 5.10 Å². The molecule has 8 heteroatoms. The van der Waals surface area contributed by atoms with Gasteiger partial charge in [-0.25, -0.2) is 9.48 Å². The van der Waals surface area contributed by atoms with Crippen molar-refractivity contribution in [3.05, 3.63) is 60.2 Å². The monoisotopic (exact) mass is 419 g/mol. The molecular weight excluding hydrogens is 394 g/mol. The van der Waals surface area contributed by atoms with E-state index in [9.17, 15) is 9.59 Å². The predicted octanol–water partition coefficient (Wildman–Crippen LogP) is 3.88. The number of hydrogen-bond acceptors (Lipinski definition) is 6. The average Bonchev–Trinajstić information content (AvgIpc) is 3.35. The molecule has 1 saturated carbocycles. The normalized spacial score (nSPS) is 14.7. The number of ether oxygens (including phenoxy) is 1. The van der Waals surface area contributed by atoms with E-state index in [0.717, 1.165) is 5.56 Å². The number of ketones is 1. The second-order valence-electron chi connectivity index (χ2n) is 8.80. The minimum absolute atomic E-state index is 0.241. The highest BCUT2D eigenvalue weighted by molar-refractivity contribution is 6.06. The lowest BCUT2D eigenvalue weighted by atomic mass is 10.1. The van der Waals surface area contributed by atoms with Gasteiger partial charge in [-0.05, 0) is 70.4 Å². The first-order chi connectivity index (χ1) is 14.7. The number of Topliss-reactive ketones (excluding diaryl/α,β-unsaturated/α-hetero) is 1. The second kappa shape index (κ2) is 7.61. The van der Waals surface area contributed by atoms with Gasteiger partial charge in [-0.3, -0.25) is 14.8 Å². The summed E-state index contributed by atoms with van der Waals surface area (Å²) in [7, 11) is 0. The van der Waals surface area contributed by atoms with E-state index in [-0.39, 0.29) is 11.5 Å². The molecule has 0 radical (unpaired) electrons. The van der Waals surface area contributed by atoms with Crippen molar-refractivity contribution in [3.8, 4) is 17.1 Å². The molecule has 0 aromatic carbocycles. The molecule has 1 amide bonds. The molecule has 3 aromatic heterocycles. The van der Waals surface area contributed by atoms with Crippen LogP contribution in [0.25, 0.3) is 17.1 Å². The molecule has 3 aromatic rings. The zero-order chi connectivity index (χ0) is 22.2. The summed E-state index contributed by atoms with van der Waals surface area (Å²) in [5, 5.41) is 7.31. The summed E-state index contributed by atoms with van der Waals surface area (Å²) < 4.78 is 6.99. The van der Waals surface area contributed by atoms with Crippen molar-refractivity contribution in [2.45, 2.75) is 51.7 Å². The highest BCUT2D eigenvalue weighted by Crippen LogP contribution is 2.39. The molecule has 31 heavy (non-hydrogen) atoms. The Balaban J connectivity index is 1.68. The molecule has 1 aliphatic rings. The molecule has 8 nitrogen and oxygen atoms in total. The first-order valence-electron chi connectivity index (χ1n) is 10.2. The summed E-state index contributed by atoms with van der Waals surface area (Å²) in [5.41, 5.74) is 1.74. The smallest absolute Gasteiger partial charge is 0.408 e. The van der Waals surface area contributed by atoms with Gasteiger partial charge >= 0.3 is 6.09 Å². The van der Waals surface area contributed by atoms with Crippen LogP contribution in [-0.4, -0.2) is 42.8 Å². The first-order valence-corrected chi connectivity index (χ1v) is 10.2. The summed E-state index contributed by atoms with van der Waals surface area (Å²) in [5.74, 6) is -0.241. The number of hydrogen-bond donors (Lipinski definition) is 1. The topological polar surface area (TPSA) is 99.0 Å². The molecule has 1 N–H and O–H groups in total. The van der Waals surface area contributed by atoms with Crippen molar-refractivity contribution in [2.24, 2.45) is 0 Å². The SMILES string of the molecule is Cc1ccc(-c2cc(C(=O)C3(NC(=O)OC(C)(C)C)CC3)nn2-c2cccnc2)nc1. The van der Waals surface area contributed by atoms with Crippen LogP contribution >= 0.6 is 0 Å². The quantitative estimate of drug-likeness (QED) is 0.630. The third kappa shape index (κ3) is 4.47. The average molecular weight is 419 g/mol. The molecule has 0 saturated heterocycles. The zero-order valence-electron chi connectivity index (χ0n) is 18.0. The third-order valence-corrected chi connectivity index (χ3v) is 4.93. The van der Waals surface area contributed by atoms with E-state index in [4.69, 9.17) is 4.74 Å². The fourth-order valence-electron chi connectivity index (χ4n) is 3.25. The van der Waals surface area contributed by atoms with Gasteiger partial charge in [-0.15, -0.1) is 0 Å². The van der Waals surface area contributed by atoms with Gasteiger partial charge in [-0.1, -0.05) is 6.07 Å². The number of rotatable bonds is 5. The molecule has 0 bridgehead atoms. The van der Waals surface area contributed by atoms with Crippen molar-refractivity contribution < 1.29 is 14.3 Å². The highest BCUT2D eigenvalue weighted by Gasteiger charge is 2.53. The Bertz CT molecular complexity index is 1110. The number of pyridine rings is 2. The number of amides is 1. The molecule has 0 unspecified atom stereocenters. The van der Waals surface area contributed by atoms with Crippen LogP contribution in [0.3, 0.4) is 0 Å². The number of aromatic nitrogens is 4. The van der Waals surface area contributed by atoms with E-state index in [1.165, 1.54) is 0 Å². The summed E-state index contributed by atoms with van der Waals surface area (Å²) in [6.07, 6.45) is 5.60. The molecular formula is C23H25N5O3. The maximum Gasteiger partial charge on any atom is 0.408 e. The minimum atomic E-state index is -0.978. The standard InChI is InChI=1S/C23H25N5O3/c1-15-7-8-17(25-13-15)19-12-18(27-28(19)16-6-5-11-24-14-16)20(29)23(9-10-23)26-21(30)31-22(2,3)4/h5-8,11-14H,9-10H2,1-4H3,(H,26,30). The molecule has 3 heterocycles. The number of aryl methyl sites for hydroxylation is 1. The lowest BCUT2D eigenvalue weighted by Gasteiger charge is -2.22. The van der Waals surface area contributed by atoms with Gasteiger partial charge in [0.25, 0.3) is 0 Å². The Hall–Kier alpha value is -3.55. The Morgan fingerprint density at radius 2 is 1.94 bits per heavy atom. The lowest BCUT2D eigenvalue weighted by Crippen LogP contribution is -2.45. The number of carbonyl (C=O) groups is 2. The molecule has 1 aliphatic carbocycles. The Morgan fingerprint density at radius 3 is 2.52 bits per heavy atom. The van der Waals surface area contributed by atoms with E-state index in [0.29, 0.717) is 29.9 Å². The number of alkyl carbamates (subject to hydrolysis) is 1. The van der Waals surface area contributed by atoms with Crippen LogP contribution in [0, 0.1) is 6.92 Å². The van der Waals surface area contributed by atoms with Crippen LogP contribution in [-0.2, 0) is 4.74 Å². The van der Waals surface area contributed by atoms with Crippen LogP contribution in [0.2, 0.25) is 0 Å². The van der Waals surface area contributed by atoms with Crippen molar-refractivity contribution in [3.63, 3.8) is 0 Å². The van der Waals surface area contributed by atoms with Crippen LogP contribution in [0.15, 0.2) is 48.9 Å². The largest absolute Gasteiger partial charge is 0.444 e. The van der Waals surface area contributed by atoms with E-state index >= 15 is 0 Å². The predicted molar refractivity (Wildman–Crippen MR) is 115 cm³/mol. The van der Waals surface area contributed by atoms with Gasteiger partial charge in [0, 0.05) is 12.4 Å².